The maximum absolute atomic E-state index is 13.2. The number of rotatable bonds is 9. The molecule has 0 unspecified atom stereocenters. The number of carbonyl (C=O) groups excluding carboxylic acids is 1. The summed E-state index contributed by atoms with van der Waals surface area (Å²) in [7, 11) is 1.79. The number of likely N-dealkylation sites (N-methyl/N-ethyl adjacent to an activating group) is 1. The summed E-state index contributed by atoms with van der Waals surface area (Å²) in [6, 6.07) is 0. The van der Waals surface area contributed by atoms with Gasteiger partial charge in [0, 0.05) is 13.6 Å². The van der Waals surface area contributed by atoms with E-state index in [0.717, 1.165) is 31.7 Å². The van der Waals surface area contributed by atoms with Crippen LogP contribution in [0.15, 0.2) is 4.99 Å². The predicted molar refractivity (Wildman–Crippen MR) is 116 cm³/mol. The lowest BCUT2D eigenvalue weighted by Crippen LogP contribution is -2.46. The molecule has 1 amide bonds. The van der Waals surface area contributed by atoms with E-state index in [9.17, 15) is 4.79 Å². The van der Waals surface area contributed by atoms with E-state index in [1.165, 1.54) is 77.3 Å². The zero-order valence-electron chi connectivity index (χ0n) is 18.3. The lowest BCUT2D eigenvalue weighted by molar-refractivity contribution is -0.131. The number of hydrogen-bond acceptors (Lipinski definition) is 4. The summed E-state index contributed by atoms with van der Waals surface area (Å²) < 4.78 is 0. The van der Waals surface area contributed by atoms with Crippen LogP contribution in [0.1, 0.15) is 90.4 Å². The molecule has 2 heterocycles. The molecule has 0 radical (unpaired) electrons. The Labute approximate surface area is 172 Å². The Kier molecular flexibility index (Phi) is 7.78. The lowest BCUT2D eigenvalue weighted by atomic mass is 9.77. The van der Waals surface area contributed by atoms with Crippen molar-refractivity contribution in [3.63, 3.8) is 0 Å². The van der Waals surface area contributed by atoms with Crippen molar-refractivity contribution in [1.29, 1.82) is 0 Å². The van der Waals surface area contributed by atoms with E-state index in [2.05, 4.69) is 11.8 Å². The Morgan fingerprint density at radius 1 is 1.11 bits per heavy atom. The predicted octanol–water partition coefficient (Wildman–Crippen LogP) is 4.16. The van der Waals surface area contributed by atoms with Gasteiger partial charge in [-0.05, 0) is 63.5 Å². The van der Waals surface area contributed by atoms with Crippen LogP contribution in [0, 0.1) is 11.8 Å². The molecule has 2 fully saturated rings. The normalized spacial score (nSPS) is 30.1. The van der Waals surface area contributed by atoms with Crippen molar-refractivity contribution in [1.82, 2.24) is 9.80 Å². The highest BCUT2D eigenvalue weighted by Gasteiger charge is 2.47. The van der Waals surface area contributed by atoms with Gasteiger partial charge in [-0.25, -0.2) is 4.99 Å². The molecular formula is C23H42N4O. The minimum absolute atomic E-state index is 0.143. The average Bonchev–Trinajstić information content (AvgIpc) is 2.92. The Morgan fingerprint density at radius 2 is 1.86 bits per heavy atom. The molecule has 0 spiro atoms. The van der Waals surface area contributed by atoms with Crippen molar-refractivity contribution < 1.29 is 4.79 Å². The molecule has 28 heavy (non-hydrogen) atoms. The fraction of sp³-hybridized carbons (Fsp3) is 0.913. The molecule has 3 aliphatic rings. The van der Waals surface area contributed by atoms with E-state index in [-0.39, 0.29) is 5.91 Å². The van der Waals surface area contributed by atoms with Crippen LogP contribution in [0.3, 0.4) is 0 Å². The first-order valence-electron chi connectivity index (χ1n) is 11.9. The lowest BCUT2D eigenvalue weighted by Gasteiger charge is -2.37. The molecule has 0 bridgehead atoms. The molecule has 2 atom stereocenters. The van der Waals surface area contributed by atoms with E-state index in [4.69, 9.17) is 10.7 Å². The molecular weight excluding hydrogens is 348 g/mol. The van der Waals surface area contributed by atoms with Crippen LogP contribution < -0.4 is 5.73 Å². The van der Waals surface area contributed by atoms with Gasteiger partial charge in [0.25, 0.3) is 5.91 Å². The standard InChI is InChI=1S/C23H42N4O/c1-3-4-8-15-27-16-9-12-20(18-27)17-23(21(28)26(2)22(24)25-23)14-13-19-10-6-5-7-11-19/h19-20H,3-18H2,1-2H3,(H2,24,25)/t20-,23-/m0/s1. The molecule has 2 N–H and O–H groups in total. The number of guanidine groups is 1. The summed E-state index contributed by atoms with van der Waals surface area (Å²) in [6.07, 6.45) is 16.0. The smallest absolute Gasteiger partial charge is 0.257 e. The van der Waals surface area contributed by atoms with Crippen molar-refractivity contribution in [2.45, 2.75) is 95.9 Å². The number of nitrogens with two attached hydrogens (primary N) is 1. The van der Waals surface area contributed by atoms with Crippen molar-refractivity contribution in [2.75, 3.05) is 26.7 Å². The van der Waals surface area contributed by atoms with E-state index >= 15 is 0 Å². The third-order valence-electron chi connectivity index (χ3n) is 7.37. The summed E-state index contributed by atoms with van der Waals surface area (Å²) in [5.41, 5.74) is 5.52. The first kappa shape index (κ1) is 21.6. The number of hydrogen-bond donors (Lipinski definition) is 1. The summed E-state index contributed by atoms with van der Waals surface area (Å²) in [5, 5.41) is 0. The van der Waals surface area contributed by atoms with Crippen LogP contribution in [-0.2, 0) is 4.79 Å². The Balaban J connectivity index is 1.63. The van der Waals surface area contributed by atoms with Crippen LogP contribution >= 0.6 is 0 Å². The van der Waals surface area contributed by atoms with Crippen molar-refractivity contribution >= 4 is 11.9 Å². The number of carbonyl (C=O) groups is 1. The van der Waals surface area contributed by atoms with Gasteiger partial charge >= 0.3 is 0 Å². The quantitative estimate of drug-likeness (QED) is 0.601. The maximum Gasteiger partial charge on any atom is 0.257 e. The van der Waals surface area contributed by atoms with Crippen molar-refractivity contribution in [3.8, 4) is 0 Å². The Hall–Kier alpha value is -1.10. The van der Waals surface area contributed by atoms with Gasteiger partial charge in [-0.2, -0.15) is 0 Å². The van der Waals surface area contributed by atoms with Gasteiger partial charge in [0.1, 0.15) is 5.54 Å². The molecule has 1 aliphatic carbocycles. The van der Waals surface area contributed by atoms with E-state index in [1.54, 1.807) is 11.9 Å². The third kappa shape index (κ3) is 5.28. The SMILES string of the molecule is CCCCCN1CCC[C@@H](C[C@]2(CCC3CCCCC3)N=C(N)N(C)C2=O)C1. The van der Waals surface area contributed by atoms with E-state index < -0.39 is 5.54 Å². The van der Waals surface area contributed by atoms with Crippen LogP contribution in [0.4, 0.5) is 0 Å². The van der Waals surface area contributed by atoms with Crippen molar-refractivity contribution in [2.24, 2.45) is 22.6 Å². The molecule has 5 nitrogen and oxygen atoms in total. The second-order valence-electron chi connectivity index (χ2n) is 9.63. The molecule has 1 saturated heterocycles. The second-order valence-corrected chi connectivity index (χ2v) is 9.63. The first-order chi connectivity index (χ1) is 13.5. The summed E-state index contributed by atoms with van der Waals surface area (Å²) >= 11 is 0. The van der Waals surface area contributed by atoms with Gasteiger partial charge in [0.2, 0.25) is 0 Å². The monoisotopic (exact) mass is 390 g/mol. The van der Waals surface area contributed by atoms with E-state index in [0.29, 0.717) is 11.9 Å². The third-order valence-corrected chi connectivity index (χ3v) is 7.37. The number of amides is 1. The Bertz CT molecular complexity index is 543. The molecule has 1 saturated carbocycles. The zero-order valence-corrected chi connectivity index (χ0v) is 18.3. The largest absolute Gasteiger partial charge is 0.369 e. The minimum atomic E-state index is -0.590. The molecule has 2 aliphatic heterocycles. The fourth-order valence-corrected chi connectivity index (χ4v) is 5.66. The molecule has 0 aromatic carbocycles. The fourth-order valence-electron chi connectivity index (χ4n) is 5.66. The van der Waals surface area contributed by atoms with Gasteiger partial charge in [-0.15, -0.1) is 0 Å². The topological polar surface area (TPSA) is 61.9 Å². The highest BCUT2D eigenvalue weighted by Crippen LogP contribution is 2.38. The van der Waals surface area contributed by atoms with Crippen LogP contribution in [0.5, 0.6) is 0 Å². The van der Waals surface area contributed by atoms with Gasteiger partial charge in [0.15, 0.2) is 5.96 Å². The minimum Gasteiger partial charge on any atom is -0.369 e. The molecule has 0 aromatic rings. The Morgan fingerprint density at radius 3 is 2.54 bits per heavy atom. The zero-order chi connectivity index (χ0) is 20.0. The molecule has 160 valence electrons. The van der Waals surface area contributed by atoms with Gasteiger partial charge in [-0.1, -0.05) is 51.9 Å². The summed E-state index contributed by atoms with van der Waals surface area (Å²) in [5.74, 6) is 1.90. The van der Waals surface area contributed by atoms with Gasteiger partial charge in [0.05, 0.1) is 0 Å². The average molecular weight is 391 g/mol. The number of nitrogens with zero attached hydrogens (tertiary/aromatic N) is 3. The first-order valence-corrected chi connectivity index (χ1v) is 11.9. The van der Waals surface area contributed by atoms with Gasteiger partial charge in [-0.3, -0.25) is 9.69 Å². The number of likely N-dealkylation sites (tertiary alicyclic amines) is 1. The maximum atomic E-state index is 13.2. The van der Waals surface area contributed by atoms with Crippen LogP contribution in [0.25, 0.3) is 0 Å². The number of unbranched alkanes of at least 4 members (excludes halogenated alkanes) is 2. The van der Waals surface area contributed by atoms with E-state index in [1.807, 2.05) is 0 Å². The summed E-state index contributed by atoms with van der Waals surface area (Å²) in [4.78, 5) is 22.2. The molecule has 0 aromatic heterocycles. The highest BCUT2D eigenvalue weighted by molar-refractivity contribution is 6.06. The highest BCUT2D eigenvalue weighted by atomic mass is 16.2. The second kappa shape index (κ2) is 10.1. The molecule has 3 rings (SSSR count). The van der Waals surface area contributed by atoms with Gasteiger partial charge < -0.3 is 10.6 Å². The summed E-state index contributed by atoms with van der Waals surface area (Å²) in [6.45, 7) is 5.81. The number of piperidine rings is 1. The van der Waals surface area contributed by atoms with Crippen LogP contribution in [0.2, 0.25) is 0 Å². The number of aliphatic imine (C=N–C) groups is 1. The van der Waals surface area contributed by atoms with Crippen LogP contribution in [-0.4, -0.2) is 53.9 Å². The van der Waals surface area contributed by atoms with Crippen molar-refractivity contribution in [3.05, 3.63) is 0 Å². The molecule has 5 heteroatoms.